The molecule has 3 aromatic rings. The van der Waals surface area contributed by atoms with Crippen LogP contribution in [-0.4, -0.2) is 42.5 Å². The Morgan fingerprint density at radius 3 is 2.73 bits per heavy atom. The van der Waals surface area contributed by atoms with Crippen molar-refractivity contribution in [2.75, 3.05) is 13.1 Å². The Kier molecular flexibility index (Phi) is 4.05. The van der Waals surface area contributed by atoms with Crippen LogP contribution in [0.3, 0.4) is 0 Å². The second-order valence-electron chi connectivity index (χ2n) is 6.55. The molecule has 1 aromatic carbocycles. The average molecular weight is 347 g/mol. The van der Waals surface area contributed by atoms with Crippen LogP contribution >= 0.6 is 0 Å². The lowest BCUT2D eigenvalue weighted by Gasteiger charge is -2.17. The molecular formula is C19H21N7. The molecule has 1 aliphatic heterocycles. The van der Waals surface area contributed by atoms with Crippen LogP contribution < -0.4 is 0 Å². The summed E-state index contributed by atoms with van der Waals surface area (Å²) in [5, 5.41) is 18.4. The van der Waals surface area contributed by atoms with Crippen molar-refractivity contribution >= 4 is 0 Å². The van der Waals surface area contributed by atoms with Crippen molar-refractivity contribution in [3.05, 3.63) is 52.9 Å². The molecule has 26 heavy (non-hydrogen) atoms. The number of fused-ring (bicyclic) bond motifs is 5. The van der Waals surface area contributed by atoms with Gasteiger partial charge in [0, 0.05) is 13.0 Å². The molecule has 132 valence electrons. The predicted molar refractivity (Wildman–Crippen MR) is 97.4 cm³/mol. The first-order valence-corrected chi connectivity index (χ1v) is 8.89. The molecule has 7 nitrogen and oxygen atoms in total. The normalized spacial score (nSPS) is 12.3. The molecule has 7 heteroatoms. The molecular weight excluding hydrogens is 326 g/mol. The maximum absolute atomic E-state index is 9.48. The second kappa shape index (κ2) is 6.39. The van der Waals surface area contributed by atoms with Gasteiger partial charge in [0.05, 0.1) is 22.8 Å². The van der Waals surface area contributed by atoms with Crippen LogP contribution in [0.1, 0.15) is 42.2 Å². The molecule has 0 aliphatic carbocycles. The van der Waals surface area contributed by atoms with Gasteiger partial charge in [-0.05, 0) is 37.7 Å². The molecule has 0 unspecified atom stereocenters. The van der Waals surface area contributed by atoms with Gasteiger partial charge in [-0.1, -0.05) is 25.1 Å². The van der Waals surface area contributed by atoms with Crippen molar-refractivity contribution in [1.29, 1.82) is 5.26 Å². The molecule has 0 atom stereocenters. The van der Waals surface area contributed by atoms with Crippen molar-refractivity contribution in [2.45, 2.75) is 33.7 Å². The molecule has 0 N–H and O–H groups in total. The van der Waals surface area contributed by atoms with E-state index in [1.165, 1.54) is 0 Å². The fourth-order valence-electron chi connectivity index (χ4n) is 3.49. The number of hydrogen-bond donors (Lipinski definition) is 0. The van der Waals surface area contributed by atoms with E-state index in [-0.39, 0.29) is 0 Å². The van der Waals surface area contributed by atoms with E-state index in [0.717, 1.165) is 53.7 Å². The highest BCUT2D eigenvalue weighted by Gasteiger charge is 2.26. The lowest BCUT2D eigenvalue weighted by Crippen LogP contribution is -2.23. The van der Waals surface area contributed by atoms with Crippen molar-refractivity contribution in [2.24, 2.45) is 0 Å². The third-order valence-corrected chi connectivity index (χ3v) is 5.04. The molecule has 0 saturated heterocycles. The van der Waals surface area contributed by atoms with E-state index < -0.39 is 0 Å². The number of imidazole rings is 1. The van der Waals surface area contributed by atoms with Gasteiger partial charge in [-0.2, -0.15) is 5.26 Å². The van der Waals surface area contributed by atoms with Crippen LogP contribution in [0, 0.1) is 18.3 Å². The summed E-state index contributed by atoms with van der Waals surface area (Å²) in [6.45, 7) is 9.02. The highest BCUT2D eigenvalue weighted by molar-refractivity contribution is 5.58. The van der Waals surface area contributed by atoms with Crippen LogP contribution in [0.4, 0.5) is 0 Å². The first kappa shape index (κ1) is 16.5. The largest absolute Gasteiger partial charge is 0.299 e. The summed E-state index contributed by atoms with van der Waals surface area (Å²) in [7, 11) is 0. The SMILES string of the molecule is CCN(CC)Cc1nnn2c1Cc1c(C#N)ncn1-c1ccc(C)cc1-2. The first-order chi connectivity index (χ1) is 12.7. The number of aryl methyl sites for hydroxylation is 1. The van der Waals surface area contributed by atoms with Crippen LogP contribution in [-0.2, 0) is 13.0 Å². The van der Waals surface area contributed by atoms with E-state index in [2.05, 4.69) is 65.2 Å². The number of nitriles is 1. The average Bonchev–Trinajstić information content (AvgIpc) is 3.21. The Balaban J connectivity index is 1.93. The number of hydrogen-bond acceptors (Lipinski definition) is 5. The van der Waals surface area contributed by atoms with Crippen molar-refractivity contribution in [1.82, 2.24) is 29.4 Å². The summed E-state index contributed by atoms with van der Waals surface area (Å²) in [6.07, 6.45) is 2.31. The van der Waals surface area contributed by atoms with Gasteiger partial charge in [-0.3, -0.25) is 9.47 Å². The second-order valence-corrected chi connectivity index (χ2v) is 6.55. The molecule has 0 amide bonds. The third-order valence-electron chi connectivity index (χ3n) is 5.04. The maximum Gasteiger partial charge on any atom is 0.162 e. The minimum absolute atomic E-state index is 0.458. The van der Waals surface area contributed by atoms with Gasteiger partial charge in [0.15, 0.2) is 5.69 Å². The number of benzene rings is 1. The predicted octanol–water partition coefficient (Wildman–Crippen LogP) is 2.38. The molecule has 0 bridgehead atoms. The van der Waals surface area contributed by atoms with Gasteiger partial charge in [0.1, 0.15) is 18.1 Å². The summed E-state index contributed by atoms with van der Waals surface area (Å²) in [5.41, 5.74) is 6.43. The van der Waals surface area contributed by atoms with Gasteiger partial charge in [-0.25, -0.2) is 9.67 Å². The van der Waals surface area contributed by atoms with Crippen LogP contribution in [0.15, 0.2) is 24.5 Å². The van der Waals surface area contributed by atoms with Crippen LogP contribution in [0.25, 0.3) is 11.4 Å². The lowest BCUT2D eigenvalue weighted by molar-refractivity contribution is 0.291. The van der Waals surface area contributed by atoms with E-state index in [9.17, 15) is 5.26 Å². The highest BCUT2D eigenvalue weighted by atomic mass is 15.4. The maximum atomic E-state index is 9.48. The lowest BCUT2D eigenvalue weighted by atomic mass is 10.1. The van der Waals surface area contributed by atoms with Crippen molar-refractivity contribution < 1.29 is 0 Å². The zero-order chi connectivity index (χ0) is 18.3. The minimum atomic E-state index is 0.458. The van der Waals surface area contributed by atoms with Crippen LogP contribution in [0.5, 0.6) is 0 Å². The Morgan fingerprint density at radius 2 is 2.00 bits per heavy atom. The molecule has 1 aliphatic rings. The fourth-order valence-corrected chi connectivity index (χ4v) is 3.49. The smallest absolute Gasteiger partial charge is 0.162 e. The summed E-state index contributed by atoms with van der Waals surface area (Å²) >= 11 is 0. The minimum Gasteiger partial charge on any atom is -0.299 e. The Labute approximate surface area is 152 Å². The summed E-state index contributed by atoms with van der Waals surface area (Å²) in [4.78, 5) is 6.62. The van der Waals surface area contributed by atoms with Gasteiger partial charge in [0.2, 0.25) is 0 Å². The summed E-state index contributed by atoms with van der Waals surface area (Å²) in [5.74, 6) is 0. The summed E-state index contributed by atoms with van der Waals surface area (Å²) in [6, 6.07) is 8.44. The molecule has 0 fully saturated rings. The van der Waals surface area contributed by atoms with E-state index >= 15 is 0 Å². The third kappa shape index (κ3) is 2.50. The van der Waals surface area contributed by atoms with E-state index in [1.54, 1.807) is 6.33 Å². The number of nitrogens with zero attached hydrogens (tertiary/aromatic N) is 7. The molecule has 0 saturated carbocycles. The van der Waals surface area contributed by atoms with Gasteiger partial charge in [0.25, 0.3) is 0 Å². The van der Waals surface area contributed by atoms with E-state index in [4.69, 9.17) is 0 Å². The standard InChI is InChI=1S/C19H21N7/c1-4-24(5-2)11-15-18-9-17-14(10-20)21-12-25(17)16-7-6-13(3)8-19(16)26(18)23-22-15/h6-8,12H,4-5,9,11H2,1-3H3. The zero-order valence-corrected chi connectivity index (χ0v) is 15.3. The molecule has 0 radical (unpaired) electrons. The molecule has 3 heterocycles. The molecule has 0 spiro atoms. The number of rotatable bonds is 4. The zero-order valence-electron chi connectivity index (χ0n) is 15.3. The summed E-state index contributed by atoms with van der Waals surface area (Å²) < 4.78 is 3.93. The van der Waals surface area contributed by atoms with Crippen molar-refractivity contribution in [3.63, 3.8) is 0 Å². The Hall–Kier alpha value is -2.98. The first-order valence-electron chi connectivity index (χ1n) is 8.89. The van der Waals surface area contributed by atoms with Gasteiger partial charge >= 0.3 is 0 Å². The van der Waals surface area contributed by atoms with Gasteiger partial charge in [-0.15, -0.1) is 5.10 Å². The van der Waals surface area contributed by atoms with E-state index in [1.807, 2.05) is 9.25 Å². The molecule has 2 aromatic heterocycles. The fraction of sp³-hybridized carbons (Fsp3) is 0.368. The van der Waals surface area contributed by atoms with Crippen molar-refractivity contribution in [3.8, 4) is 17.4 Å². The van der Waals surface area contributed by atoms with E-state index in [0.29, 0.717) is 12.1 Å². The highest BCUT2D eigenvalue weighted by Crippen LogP contribution is 2.30. The Morgan fingerprint density at radius 1 is 1.19 bits per heavy atom. The number of aromatic nitrogens is 5. The molecule has 4 rings (SSSR count). The topological polar surface area (TPSA) is 75.6 Å². The quantitative estimate of drug-likeness (QED) is 0.566. The monoisotopic (exact) mass is 347 g/mol. The van der Waals surface area contributed by atoms with Crippen LogP contribution in [0.2, 0.25) is 0 Å². The Bertz CT molecular complexity index is 1000. The van der Waals surface area contributed by atoms with Gasteiger partial charge < -0.3 is 0 Å².